The van der Waals surface area contributed by atoms with E-state index >= 15 is 0 Å². The van der Waals surface area contributed by atoms with E-state index in [2.05, 4.69) is 5.32 Å². The highest BCUT2D eigenvalue weighted by Gasteiger charge is 2.55. The molecule has 2 unspecified atom stereocenters. The lowest BCUT2D eigenvalue weighted by Crippen LogP contribution is -2.70. The predicted octanol–water partition coefficient (Wildman–Crippen LogP) is 4.70. The molecule has 1 saturated carbocycles. The largest absolute Gasteiger partial charge is 0.448 e. The molecule has 2 atom stereocenters. The lowest BCUT2D eigenvalue weighted by molar-refractivity contribution is -0.153. The molecule has 224 valence electrons. The van der Waals surface area contributed by atoms with Gasteiger partial charge >= 0.3 is 12.1 Å². The zero-order valence-electron chi connectivity index (χ0n) is 24.4. The lowest BCUT2D eigenvalue weighted by atomic mass is 10.00. The van der Waals surface area contributed by atoms with Gasteiger partial charge in [-0.05, 0) is 62.8 Å². The van der Waals surface area contributed by atoms with E-state index in [-0.39, 0.29) is 11.6 Å². The molecule has 0 radical (unpaired) electrons. The van der Waals surface area contributed by atoms with Crippen LogP contribution in [0, 0.1) is 0 Å². The number of alkyl carbamates (subject to hydrolysis) is 1. The fraction of sp³-hybridized carbons (Fsp3) is 0.394. The van der Waals surface area contributed by atoms with Gasteiger partial charge < -0.3 is 19.7 Å². The molecular formula is C33H35N3O6S. The second kappa shape index (κ2) is 11.6. The molecule has 3 fully saturated rings. The first-order valence-electron chi connectivity index (χ1n) is 14.6. The molecule has 3 amide bonds. The maximum absolute atomic E-state index is 14.1. The summed E-state index contributed by atoms with van der Waals surface area (Å²) in [6.45, 7) is 5.90. The van der Waals surface area contributed by atoms with Crippen molar-refractivity contribution in [1.82, 2.24) is 15.1 Å². The van der Waals surface area contributed by atoms with Gasteiger partial charge in [0.2, 0.25) is 5.91 Å². The molecule has 3 aliphatic heterocycles. The van der Waals surface area contributed by atoms with Crippen molar-refractivity contribution in [3.8, 4) is 0 Å². The van der Waals surface area contributed by atoms with Crippen LogP contribution in [0.15, 0.2) is 83.6 Å². The molecule has 0 spiro atoms. The molecule has 0 aromatic heterocycles. The van der Waals surface area contributed by atoms with E-state index < -0.39 is 41.1 Å². The SMILES string of the molecule is CC(C)(C)OC(=O)NC1C(=O)N2C(C(=O)OC(c3ccccc3)c3ccccc3)=C(C=C3CCN(C4CC4)C3=O)CSC12. The monoisotopic (exact) mass is 601 g/mol. The summed E-state index contributed by atoms with van der Waals surface area (Å²) < 4.78 is 11.6. The number of ether oxygens (including phenoxy) is 2. The molecule has 2 aromatic carbocycles. The van der Waals surface area contributed by atoms with Crippen molar-refractivity contribution in [2.45, 2.75) is 69.2 Å². The minimum absolute atomic E-state index is 0.0132. The maximum atomic E-state index is 14.1. The van der Waals surface area contributed by atoms with Crippen LogP contribution in [-0.2, 0) is 23.9 Å². The third-order valence-electron chi connectivity index (χ3n) is 7.79. The number of amides is 3. The molecule has 10 heteroatoms. The molecule has 1 aliphatic carbocycles. The quantitative estimate of drug-likeness (QED) is 0.279. The number of thioether (sulfide) groups is 1. The summed E-state index contributed by atoms with van der Waals surface area (Å²) in [5.41, 5.74) is 2.15. The summed E-state index contributed by atoms with van der Waals surface area (Å²) in [5, 5.41) is 2.16. The van der Waals surface area contributed by atoms with Crippen LogP contribution >= 0.6 is 11.8 Å². The highest BCUT2D eigenvalue weighted by atomic mass is 32.2. The van der Waals surface area contributed by atoms with Gasteiger partial charge in [-0.2, -0.15) is 0 Å². The number of carbonyl (C=O) groups excluding carboxylic acids is 4. The van der Waals surface area contributed by atoms with Crippen LogP contribution in [0.3, 0.4) is 0 Å². The van der Waals surface area contributed by atoms with Crippen LogP contribution in [0.5, 0.6) is 0 Å². The summed E-state index contributed by atoms with van der Waals surface area (Å²) in [6, 6.07) is 18.3. The number of benzene rings is 2. The van der Waals surface area contributed by atoms with E-state index in [0.29, 0.717) is 35.9 Å². The van der Waals surface area contributed by atoms with E-state index in [4.69, 9.17) is 9.47 Å². The summed E-state index contributed by atoms with van der Waals surface area (Å²) in [4.78, 5) is 56.7. The predicted molar refractivity (Wildman–Crippen MR) is 162 cm³/mol. The average Bonchev–Trinajstić information content (AvgIpc) is 3.77. The van der Waals surface area contributed by atoms with Crippen LogP contribution in [-0.4, -0.2) is 69.0 Å². The number of likely N-dealkylation sites (tertiary alicyclic amines) is 1. The van der Waals surface area contributed by atoms with Crippen molar-refractivity contribution in [1.29, 1.82) is 0 Å². The standard InChI is InChI=1S/C33H35N3O6S/c1-33(2,3)42-32(40)34-25-29(38)36-26(23(19-43-30(25)36)18-22-16-17-35(28(22)37)24-14-15-24)31(39)41-27(20-10-6-4-7-11-20)21-12-8-5-9-13-21/h4-13,18,24-25,27,30H,14-17,19H2,1-3H3,(H,34,40). The molecule has 9 nitrogen and oxygen atoms in total. The topological polar surface area (TPSA) is 105 Å². The molecule has 2 aromatic rings. The number of nitrogens with zero attached hydrogens (tertiary/aromatic N) is 2. The van der Waals surface area contributed by atoms with Gasteiger partial charge in [0.1, 0.15) is 22.7 Å². The molecule has 3 heterocycles. The van der Waals surface area contributed by atoms with Crippen LogP contribution in [0.1, 0.15) is 57.3 Å². The summed E-state index contributed by atoms with van der Waals surface area (Å²) in [6.07, 6.45) is 2.98. The molecule has 2 saturated heterocycles. The number of rotatable bonds is 7. The van der Waals surface area contributed by atoms with Crippen molar-refractivity contribution in [3.63, 3.8) is 0 Å². The Labute approximate surface area is 255 Å². The molecule has 1 N–H and O–H groups in total. The third-order valence-corrected chi connectivity index (χ3v) is 9.09. The lowest BCUT2D eigenvalue weighted by Gasteiger charge is -2.49. The van der Waals surface area contributed by atoms with Crippen molar-refractivity contribution in [2.24, 2.45) is 0 Å². The zero-order valence-corrected chi connectivity index (χ0v) is 25.3. The average molecular weight is 602 g/mol. The van der Waals surface area contributed by atoms with Crippen LogP contribution < -0.4 is 5.32 Å². The number of nitrogens with one attached hydrogen (secondary N) is 1. The molecule has 6 rings (SSSR count). The first-order chi connectivity index (χ1) is 20.6. The maximum Gasteiger partial charge on any atom is 0.408 e. The van der Waals surface area contributed by atoms with Gasteiger partial charge in [-0.1, -0.05) is 60.7 Å². The Balaban J connectivity index is 1.33. The Morgan fingerprint density at radius 2 is 1.63 bits per heavy atom. The molecule has 4 aliphatic rings. The van der Waals surface area contributed by atoms with E-state index in [1.54, 1.807) is 26.8 Å². The molecular weight excluding hydrogens is 566 g/mol. The second-order valence-corrected chi connectivity index (χ2v) is 13.3. The Morgan fingerprint density at radius 1 is 1.00 bits per heavy atom. The first-order valence-corrected chi connectivity index (χ1v) is 15.7. The van der Waals surface area contributed by atoms with Crippen molar-refractivity contribution >= 4 is 35.6 Å². The van der Waals surface area contributed by atoms with E-state index in [0.717, 1.165) is 24.0 Å². The second-order valence-electron chi connectivity index (χ2n) is 12.2. The number of carbonyl (C=O) groups is 4. The Bertz CT molecular complexity index is 1460. The number of β-lactam (4-membered cyclic amide) rings is 1. The van der Waals surface area contributed by atoms with Crippen molar-refractivity contribution in [3.05, 3.63) is 94.7 Å². The van der Waals surface area contributed by atoms with Crippen LogP contribution in [0.2, 0.25) is 0 Å². The highest BCUT2D eigenvalue weighted by molar-refractivity contribution is 8.00. The van der Waals surface area contributed by atoms with Crippen molar-refractivity contribution < 1.29 is 28.7 Å². The van der Waals surface area contributed by atoms with Gasteiger partial charge in [-0.25, -0.2) is 9.59 Å². The third kappa shape index (κ3) is 6.06. The number of fused-ring (bicyclic) bond motifs is 1. The Hall–Kier alpha value is -4.05. The number of hydrogen-bond acceptors (Lipinski definition) is 7. The van der Waals surface area contributed by atoms with Crippen LogP contribution in [0.4, 0.5) is 4.79 Å². The fourth-order valence-corrected chi connectivity index (χ4v) is 6.94. The van der Waals surface area contributed by atoms with E-state index in [1.165, 1.54) is 16.7 Å². The van der Waals surface area contributed by atoms with Gasteiger partial charge in [0.15, 0.2) is 6.10 Å². The van der Waals surface area contributed by atoms with Crippen LogP contribution in [0.25, 0.3) is 0 Å². The zero-order chi connectivity index (χ0) is 30.3. The van der Waals surface area contributed by atoms with Gasteiger partial charge in [-0.3, -0.25) is 14.5 Å². The molecule has 0 bridgehead atoms. The smallest absolute Gasteiger partial charge is 0.408 e. The summed E-state index contributed by atoms with van der Waals surface area (Å²) in [5.74, 6) is -0.740. The Kier molecular flexibility index (Phi) is 7.81. The number of esters is 1. The molecule has 43 heavy (non-hydrogen) atoms. The van der Waals surface area contributed by atoms with Gasteiger partial charge in [0.25, 0.3) is 5.91 Å². The normalized spacial score (nSPS) is 22.9. The summed E-state index contributed by atoms with van der Waals surface area (Å²) >= 11 is 1.43. The minimum atomic E-state index is -0.852. The van der Waals surface area contributed by atoms with Gasteiger partial charge in [0.05, 0.1) is 0 Å². The Morgan fingerprint density at radius 3 is 2.21 bits per heavy atom. The minimum Gasteiger partial charge on any atom is -0.448 e. The highest BCUT2D eigenvalue weighted by Crippen LogP contribution is 2.43. The van der Waals surface area contributed by atoms with Crippen molar-refractivity contribution in [2.75, 3.05) is 12.3 Å². The fourth-order valence-electron chi connectivity index (χ4n) is 5.64. The van der Waals surface area contributed by atoms with E-state index in [1.807, 2.05) is 65.6 Å². The summed E-state index contributed by atoms with van der Waals surface area (Å²) in [7, 11) is 0. The van der Waals surface area contributed by atoms with Gasteiger partial charge in [0, 0.05) is 23.9 Å². The van der Waals surface area contributed by atoms with E-state index in [9.17, 15) is 19.2 Å². The first kappa shape index (κ1) is 29.0. The van der Waals surface area contributed by atoms with Gasteiger partial charge in [-0.15, -0.1) is 11.8 Å². The number of hydrogen-bond donors (Lipinski definition) is 1. The number of allylic oxidation sites excluding steroid dienone is 1.